The second-order valence-electron chi connectivity index (χ2n) is 5.19. The molecule has 2 fully saturated rings. The molecule has 19 heavy (non-hydrogen) atoms. The second-order valence-corrected chi connectivity index (χ2v) is 5.54. The van der Waals surface area contributed by atoms with Crippen LogP contribution in [-0.4, -0.2) is 44.9 Å². The summed E-state index contributed by atoms with van der Waals surface area (Å²) in [4.78, 5) is 10.7. The van der Waals surface area contributed by atoms with Crippen LogP contribution in [-0.2, 0) is 4.74 Å². The number of anilines is 1. The highest BCUT2D eigenvalue weighted by Gasteiger charge is 2.35. The van der Waals surface area contributed by atoms with Crippen molar-refractivity contribution in [2.45, 2.75) is 32.0 Å². The van der Waals surface area contributed by atoms with E-state index in [1.165, 1.54) is 6.33 Å². The number of ether oxygens (including phenoxy) is 1. The third-order valence-corrected chi connectivity index (χ3v) is 4.28. The Bertz CT molecular complexity index is 630. The van der Waals surface area contributed by atoms with Crippen LogP contribution >= 0.6 is 11.6 Å². The van der Waals surface area contributed by atoms with Crippen molar-refractivity contribution in [1.82, 2.24) is 19.6 Å². The molecule has 0 aliphatic carbocycles. The molecule has 100 valence electrons. The first-order chi connectivity index (χ1) is 9.22. The van der Waals surface area contributed by atoms with Crippen LogP contribution < -0.4 is 4.90 Å². The molecule has 6 nitrogen and oxygen atoms in total. The van der Waals surface area contributed by atoms with E-state index in [0.717, 1.165) is 37.3 Å². The molecule has 2 atom stereocenters. The van der Waals surface area contributed by atoms with Crippen LogP contribution in [0.15, 0.2) is 6.33 Å². The van der Waals surface area contributed by atoms with E-state index in [0.29, 0.717) is 23.1 Å². The van der Waals surface area contributed by atoms with Gasteiger partial charge in [0.25, 0.3) is 5.78 Å². The van der Waals surface area contributed by atoms with Gasteiger partial charge in [-0.3, -0.25) is 0 Å². The summed E-state index contributed by atoms with van der Waals surface area (Å²) in [5.74, 6) is 1.54. The molecule has 0 spiro atoms. The third kappa shape index (κ3) is 1.70. The molecule has 2 aliphatic rings. The first-order valence-electron chi connectivity index (χ1n) is 6.48. The van der Waals surface area contributed by atoms with Crippen LogP contribution in [0.3, 0.4) is 0 Å². The van der Waals surface area contributed by atoms with Crippen LogP contribution in [0.25, 0.3) is 5.78 Å². The van der Waals surface area contributed by atoms with Gasteiger partial charge in [0.15, 0.2) is 0 Å². The van der Waals surface area contributed by atoms with Gasteiger partial charge in [-0.2, -0.15) is 19.6 Å². The molecule has 2 bridgehead atoms. The normalized spacial score (nSPS) is 26.3. The van der Waals surface area contributed by atoms with Crippen molar-refractivity contribution >= 4 is 23.2 Å². The molecule has 0 N–H and O–H groups in total. The fourth-order valence-electron chi connectivity index (χ4n) is 3.04. The molecule has 0 radical (unpaired) electrons. The molecule has 2 unspecified atom stereocenters. The van der Waals surface area contributed by atoms with E-state index < -0.39 is 0 Å². The standard InChI is InChI=1S/C12H14ClN5O/c1-7-10(13)16-12-14-6-15-18(12)11(7)17-4-8-2-3-9(5-17)19-8/h6,8-9H,2-5H2,1H3. The monoisotopic (exact) mass is 279 g/mol. The van der Waals surface area contributed by atoms with Crippen molar-refractivity contribution in [1.29, 1.82) is 0 Å². The summed E-state index contributed by atoms with van der Waals surface area (Å²) in [6.45, 7) is 3.74. The van der Waals surface area contributed by atoms with Crippen LogP contribution in [0.4, 0.5) is 5.82 Å². The maximum atomic E-state index is 6.21. The zero-order valence-corrected chi connectivity index (χ0v) is 11.3. The lowest BCUT2D eigenvalue weighted by Crippen LogP contribution is -2.44. The lowest BCUT2D eigenvalue weighted by Gasteiger charge is -2.34. The third-order valence-electron chi connectivity index (χ3n) is 3.92. The van der Waals surface area contributed by atoms with Gasteiger partial charge >= 0.3 is 0 Å². The Hall–Kier alpha value is -1.40. The number of aromatic nitrogens is 4. The lowest BCUT2D eigenvalue weighted by atomic mass is 10.2. The van der Waals surface area contributed by atoms with Crippen LogP contribution in [0, 0.1) is 6.92 Å². The summed E-state index contributed by atoms with van der Waals surface area (Å²) in [6, 6.07) is 0. The van der Waals surface area contributed by atoms with Crippen molar-refractivity contribution in [2.75, 3.05) is 18.0 Å². The molecule has 0 saturated carbocycles. The molecule has 4 heterocycles. The summed E-state index contributed by atoms with van der Waals surface area (Å²) in [6.07, 6.45) is 4.43. The predicted molar refractivity (Wildman–Crippen MR) is 70.6 cm³/mol. The van der Waals surface area contributed by atoms with E-state index in [1.54, 1.807) is 4.52 Å². The van der Waals surface area contributed by atoms with Crippen LogP contribution in [0.5, 0.6) is 0 Å². The van der Waals surface area contributed by atoms with Gasteiger partial charge in [0.2, 0.25) is 0 Å². The zero-order chi connectivity index (χ0) is 13.0. The maximum absolute atomic E-state index is 6.21. The Balaban J connectivity index is 1.85. The van der Waals surface area contributed by atoms with E-state index in [9.17, 15) is 0 Å². The summed E-state index contributed by atoms with van der Waals surface area (Å²) in [7, 11) is 0. The average molecular weight is 280 g/mol. The zero-order valence-electron chi connectivity index (χ0n) is 10.6. The van der Waals surface area contributed by atoms with Gasteiger partial charge in [0, 0.05) is 18.7 Å². The van der Waals surface area contributed by atoms with Gasteiger partial charge < -0.3 is 9.64 Å². The fourth-order valence-corrected chi connectivity index (χ4v) is 3.20. The topological polar surface area (TPSA) is 55.5 Å². The molecule has 4 rings (SSSR count). The van der Waals surface area contributed by atoms with Crippen molar-refractivity contribution in [3.63, 3.8) is 0 Å². The Morgan fingerprint density at radius 3 is 2.79 bits per heavy atom. The van der Waals surface area contributed by atoms with Crippen molar-refractivity contribution < 1.29 is 4.74 Å². The van der Waals surface area contributed by atoms with Gasteiger partial charge in [-0.15, -0.1) is 0 Å². The minimum Gasteiger partial charge on any atom is -0.371 e. The number of morpholine rings is 1. The van der Waals surface area contributed by atoms with Gasteiger partial charge in [0.1, 0.15) is 17.3 Å². The quantitative estimate of drug-likeness (QED) is 0.740. The van der Waals surface area contributed by atoms with E-state index >= 15 is 0 Å². The highest BCUT2D eigenvalue weighted by Crippen LogP contribution is 2.32. The molecule has 2 aromatic rings. The van der Waals surface area contributed by atoms with E-state index in [2.05, 4.69) is 20.0 Å². The van der Waals surface area contributed by atoms with Gasteiger partial charge in [-0.25, -0.2) is 0 Å². The minimum atomic E-state index is 0.323. The smallest absolute Gasteiger partial charge is 0.255 e. The molecule has 7 heteroatoms. The van der Waals surface area contributed by atoms with Crippen molar-refractivity contribution in [2.24, 2.45) is 0 Å². The highest BCUT2D eigenvalue weighted by molar-refractivity contribution is 6.30. The first-order valence-corrected chi connectivity index (χ1v) is 6.86. The molecule has 2 aromatic heterocycles. The van der Waals surface area contributed by atoms with E-state index in [4.69, 9.17) is 16.3 Å². The Labute approximate surface area is 115 Å². The molecule has 0 amide bonds. The number of hydrogen-bond acceptors (Lipinski definition) is 5. The molecular weight excluding hydrogens is 266 g/mol. The summed E-state index contributed by atoms with van der Waals surface area (Å²) >= 11 is 6.21. The molecule has 2 saturated heterocycles. The Kier molecular flexibility index (Phi) is 2.43. The lowest BCUT2D eigenvalue weighted by molar-refractivity contribution is 0.0300. The van der Waals surface area contributed by atoms with Gasteiger partial charge in [-0.1, -0.05) is 11.6 Å². The predicted octanol–water partition coefficient (Wildman–Crippen LogP) is 1.45. The van der Waals surface area contributed by atoms with Crippen molar-refractivity contribution in [3.05, 3.63) is 17.0 Å². The number of nitrogens with zero attached hydrogens (tertiary/aromatic N) is 5. The number of fused-ring (bicyclic) bond motifs is 3. The van der Waals surface area contributed by atoms with Gasteiger partial charge in [0.05, 0.1) is 12.2 Å². The van der Waals surface area contributed by atoms with E-state index in [1.807, 2.05) is 6.92 Å². The number of rotatable bonds is 1. The summed E-state index contributed by atoms with van der Waals surface area (Å²) in [5.41, 5.74) is 0.945. The highest BCUT2D eigenvalue weighted by atomic mass is 35.5. The molecule has 2 aliphatic heterocycles. The minimum absolute atomic E-state index is 0.323. The molecular formula is C12H14ClN5O. The largest absolute Gasteiger partial charge is 0.371 e. The first kappa shape index (κ1) is 11.4. The Morgan fingerprint density at radius 1 is 1.32 bits per heavy atom. The summed E-state index contributed by atoms with van der Waals surface area (Å²) in [5, 5.41) is 4.76. The average Bonchev–Trinajstić information content (AvgIpc) is 2.97. The molecule has 0 aromatic carbocycles. The fraction of sp³-hybridized carbons (Fsp3) is 0.583. The number of halogens is 1. The van der Waals surface area contributed by atoms with Crippen LogP contribution in [0.2, 0.25) is 5.15 Å². The van der Waals surface area contributed by atoms with Crippen molar-refractivity contribution in [3.8, 4) is 0 Å². The van der Waals surface area contributed by atoms with Crippen LogP contribution in [0.1, 0.15) is 18.4 Å². The second kappa shape index (κ2) is 4.05. The number of hydrogen-bond donors (Lipinski definition) is 0. The van der Waals surface area contributed by atoms with Gasteiger partial charge in [-0.05, 0) is 19.8 Å². The summed E-state index contributed by atoms with van der Waals surface area (Å²) < 4.78 is 7.65. The Morgan fingerprint density at radius 2 is 2.05 bits per heavy atom. The SMILES string of the molecule is Cc1c(Cl)nc2ncnn2c1N1CC2CCC(C1)O2. The maximum Gasteiger partial charge on any atom is 0.255 e. The van der Waals surface area contributed by atoms with E-state index in [-0.39, 0.29) is 0 Å².